The lowest BCUT2D eigenvalue weighted by Crippen LogP contribution is -2.30. The highest BCUT2D eigenvalue weighted by molar-refractivity contribution is 7.86. The molecule has 0 bridgehead atoms. The molecule has 2 aliphatic rings. The Bertz CT molecular complexity index is 1770. The summed E-state index contributed by atoms with van der Waals surface area (Å²) in [5.74, 6) is 0. The summed E-state index contributed by atoms with van der Waals surface area (Å²) in [7, 11) is -8.63. The van der Waals surface area contributed by atoms with Gasteiger partial charge >= 0.3 is 0 Å². The molecule has 0 unspecified atom stereocenters. The van der Waals surface area contributed by atoms with E-state index in [0.29, 0.717) is 6.54 Å². The molecule has 0 atom stereocenters. The predicted octanol–water partition coefficient (Wildman–Crippen LogP) is 8.26. The average Bonchev–Trinajstić information content (AvgIpc) is 3.34. The summed E-state index contributed by atoms with van der Waals surface area (Å²) in [5.41, 5.74) is 4.15. The molecule has 2 aliphatic heterocycles. The average molecular weight is 690 g/mol. The molecule has 9 nitrogen and oxygen atoms in total. The molecule has 4 rings (SSSR count). The van der Waals surface area contributed by atoms with Crippen molar-refractivity contribution < 1.29 is 35.3 Å². The Labute approximate surface area is 282 Å². The number of anilines is 1. The lowest BCUT2D eigenvalue weighted by Gasteiger charge is -2.20. The Morgan fingerprint density at radius 1 is 0.787 bits per heavy atom. The lowest BCUT2D eigenvalue weighted by molar-refractivity contribution is -0.454. The summed E-state index contributed by atoms with van der Waals surface area (Å²) < 4.78 is 68.2. The van der Waals surface area contributed by atoms with E-state index in [1.54, 1.807) is 18.2 Å². The summed E-state index contributed by atoms with van der Waals surface area (Å²) in [4.78, 5) is 8.55. The molecular formula is C36H53N2O7S2+. The van der Waals surface area contributed by atoms with Crippen LogP contribution in [0.25, 0.3) is 0 Å². The molecule has 0 aliphatic carbocycles. The third-order valence-electron chi connectivity index (χ3n) is 7.44. The van der Waals surface area contributed by atoms with E-state index in [-0.39, 0.29) is 15.2 Å². The van der Waals surface area contributed by atoms with Crippen LogP contribution >= 0.6 is 0 Å². The fraction of sp³-hybridized carbons (Fsp3) is 0.444. The zero-order valence-electron chi connectivity index (χ0n) is 29.8. The first kappa shape index (κ1) is 41.6. The standard InChI is InChI=1S/C30H36N2O6S2.C2H4O.2C2H6/c1-28(2,3)19-32-25-16-14-21(40(36,37)38)18-23(25)30(6,7)27(32)12-10-8-9-11-26-29(4,5)22-17-20(39(33,34)35)13-15-24(22)31-26;1-2-3;2*1-2/h8-18H,19H2,1-7H3,(H2,33,34,35,36,37,38);2H,1H3;2*1-2H3/p+1. The van der Waals surface area contributed by atoms with E-state index in [9.17, 15) is 25.9 Å². The maximum absolute atomic E-state index is 11.8. The second-order valence-corrected chi connectivity index (χ2v) is 15.6. The third-order valence-corrected chi connectivity index (χ3v) is 9.14. The number of fused-ring (bicyclic) bond motifs is 2. The van der Waals surface area contributed by atoms with Gasteiger partial charge < -0.3 is 10.1 Å². The van der Waals surface area contributed by atoms with E-state index in [2.05, 4.69) is 30.7 Å². The van der Waals surface area contributed by atoms with Crippen molar-refractivity contribution in [2.24, 2.45) is 5.41 Å². The van der Waals surface area contributed by atoms with E-state index in [4.69, 9.17) is 4.79 Å². The van der Waals surface area contributed by atoms with Gasteiger partial charge in [-0.25, -0.2) is 0 Å². The van der Waals surface area contributed by atoms with Crippen LogP contribution in [0.3, 0.4) is 0 Å². The Morgan fingerprint density at radius 3 is 1.77 bits per heavy atom. The molecule has 0 aromatic heterocycles. The van der Waals surface area contributed by atoms with Gasteiger partial charge in [0.15, 0.2) is 12.3 Å². The van der Waals surface area contributed by atoms with Gasteiger partial charge in [-0.05, 0) is 62.7 Å². The number of carbonyl (C=O) groups is 1. The van der Waals surface area contributed by atoms with Crippen molar-refractivity contribution in [2.75, 3.05) is 11.9 Å². The number of aldehydes is 1. The van der Waals surface area contributed by atoms with E-state index in [1.807, 2.05) is 85.8 Å². The minimum atomic E-state index is -4.33. The predicted molar refractivity (Wildman–Crippen MR) is 192 cm³/mol. The van der Waals surface area contributed by atoms with Crippen LogP contribution in [-0.4, -0.2) is 49.1 Å². The van der Waals surface area contributed by atoms with Gasteiger partial charge in [-0.1, -0.05) is 80.5 Å². The van der Waals surface area contributed by atoms with E-state index < -0.39 is 31.1 Å². The van der Waals surface area contributed by atoms with Crippen molar-refractivity contribution in [2.45, 2.75) is 104 Å². The molecule has 0 amide bonds. The number of allylic oxidation sites excluding steroid dienone is 6. The number of carbonyl (C=O) groups excluding carboxylic acids is 1. The highest BCUT2D eigenvalue weighted by atomic mass is 32.2. The molecule has 2 heterocycles. The Kier molecular flexibility index (Phi) is 14.3. The van der Waals surface area contributed by atoms with Crippen molar-refractivity contribution in [1.82, 2.24) is 0 Å². The Morgan fingerprint density at radius 2 is 1.28 bits per heavy atom. The first-order valence-electron chi connectivity index (χ1n) is 15.8. The third kappa shape index (κ3) is 10.1. The van der Waals surface area contributed by atoms with Gasteiger partial charge in [-0.3, -0.25) is 9.11 Å². The second kappa shape index (κ2) is 16.1. The summed E-state index contributed by atoms with van der Waals surface area (Å²) >= 11 is 0. The van der Waals surface area contributed by atoms with Gasteiger partial charge in [-0.2, -0.15) is 21.4 Å². The molecule has 3 N–H and O–H groups in total. The minimum absolute atomic E-state index is 0.0390. The number of benzene rings is 2. The SMILES string of the molecule is CC.CC.CC(C)(C)C[N+]1=C(/C=C/C=C/C=C2\Nc3ccc(S(=O)(=O)O)cc3C2(C)C)C(C)(C)c2cc(S(=O)(=O)O)ccc21.CC=O. The number of hydrogen-bond donors (Lipinski definition) is 3. The number of rotatable bonds is 6. The summed E-state index contributed by atoms with van der Waals surface area (Å²) in [6, 6.07) is 9.27. The van der Waals surface area contributed by atoms with Crippen molar-refractivity contribution in [3.63, 3.8) is 0 Å². The van der Waals surface area contributed by atoms with Crippen LogP contribution in [0.15, 0.2) is 82.3 Å². The second-order valence-electron chi connectivity index (χ2n) is 12.8. The van der Waals surface area contributed by atoms with Crippen LogP contribution in [0.1, 0.15) is 94.2 Å². The highest BCUT2D eigenvalue weighted by Gasteiger charge is 2.46. The van der Waals surface area contributed by atoms with E-state index in [1.165, 1.54) is 25.1 Å². The first-order valence-corrected chi connectivity index (χ1v) is 18.6. The number of hydrogen-bond acceptors (Lipinski definition) is 6. The topological polar surface area (TPSA) is 141 Å². The minimum Gasteiger partial charge on any atom is -0.358 e. The largest absolute Gasteiger partial charge is 0.358 e. The zero-order chi connectivity index (χ0) is 36.6. The fourth-order valence-corrected chi connectivity index (χ4v) is 6.34. The molecule has 0 spiro atoms. The van der Waals surface area contributed by atoms with Crippen LogP contribution in [0.2, 0.25) is 0 Å². The molecule has 2 aromatic carbocycles. The van der Waals surface area contributed by atoms with E-state index >= 15 is 0 Å². The highest BCUT2D eigenvalue weighted by Crippen LogP contribution is 2.44. The quantitative estimate of drug-likeness (QED) is 0.119. The summed E-state index contributed by atoms with van der Waals surface area (Å²) in [5, 5.41) is 3.34. The van der Waals surface area contributed by atoms with Crippen LogP contribution in [-0.2, 0) is 35.9 Å². The van der Waals surface area contributed by atoms with Crippen molar-refractivity contribution in [3.8, 4) is 0 Å². The number of nitrogens with one attached hydrogen (secondary N) is 1. The van der Waals surface area contributed by atoms with Gasteiger partial charge in [0.2, 0.25) is 5.69 Å². The first-order chi connectivity index (χ1) is 21.6. The van der Waals surface area contributed by atoms with Crippen LogP contribution in [0, 0.1) is 5.41 Å². The fourth-order valence-electron chi connectivity index (χ4n) is 5.33. The molecule has 2 aromatic rings. The Balaban J connectivity index is 0.00000146. The van der Waals surface area contributed by atoms with Crippen molar-refractivity contribution in [1.29, 1.82) is 0 Å². The molecule has 47 heavy (non-hydrogen) atoms. The maximum atomic E-state index is 11.8. The zero-order valence-corrected chi connectivity index (χ0v) is 31.5. The molecular weight excluding hydrogens is 637 g/mol. The monoisotopic (exact) mass is 689 g/mol. The smallest absolute Gasteiger partial charge is 0.294 e. The summed E-state index contributed by atoms with van der Waals surface area (Å²) in [6.07, 6.45) is 10.4. The molecule has 11 heteroatoms. The molecule has 0 radical (unpaired) electrons. The molecule has 0 fully saturated rings. The molecule has 260 valence electrons. The van der Waals surface area contributed by atoms with Crippen molar-refractivity contribution >= 4 is 43.6 Å². The molecule has 0 saturated carbocycles. The lowest BCUT2D eigenvalue weighted by atomic mass is 9.81. The van der Waals surface area contributed by atoms with E-state index in [0.717, 1.165) is 40.2 Å². The number of nitrogens with zero attached hydrogens (tertiary/aromatic N) is 1. The normalized spacial score (nSPS) is 17.1. The van der Waals surface area contributed by atoms with Crippen LogP contribution in [0.5, 0.6) is 0 Å². The van der Waals surface area contributed by atoms with Gasteiger partial charge in [-0.15, -0.1) is 0 Å². The Hall–Kier alpha value is -3.38. The van der Waals surface area contributed by atoms with Crippen LogP contribution < -0.4 is 5.32 Å². The van der Waals surface area contributed by atoms with Crippen molar-refractivity contribution in [3.05, 3.63) is 83.6 Å². The van der Waals surface area contributed by atoms with Gasteiger partial charge in [0.25, 0.3) is 20.2 Å². The van der Waals surface area contributed by atoms with Crippen LogP contribution in [0.4, 0.5) is 11.4 Å². The molecule has 0 saturated heterocycles. The maximum Gasteiger partial charge on any atom is 0.294 e. The van der Waals surface area contributed by atoms with Gasteiger partial charge in [0.05, 0.1) is 15.2 Å². The van der Waals surface area contributed by atoms with Gasteiger partial charge in [0.1, 0.15) is 6.29 Å². The van der Waals surface area contributed by atoms with Gasteiger partial charge in [0, 0.05) is 39.9 Å². The summed E-state index contributed by atoms with van der Waals surface area (Å²) in [6.45, 7) is 24.6.